The number of hydrogen-bond donors (Lipinski definition) is 2. The normalized spacial score (nSPS) is 20.0. The van der Waals surface area contributed by atoms with Gasteiger partial charge in [-0.05, 0) is 99.3 Å². The van der Waals surface area contributed by atoms with E-state index in [4.69, 9.17) is 4.74 Å². The summed E-state index contributed by atoms with van der Waals surface area (Å²) in [6.07, 6.45) is 1.03. The van der Waals surface area contributed by atoms with E-state index in [0.29, 0.717) is 44.0 Å². The van der Waals surface area contributed by atoms with Crippen molar-refractivity contribution < 1.29 is 35.9 Å². The largest absolute Gasteiger partial charge is 0.474 e. The number of nitrogens with one attached hydrogen (secondary N) is 2. The molecule has 0 atom stereocenters. The number of rotatable bonds is 10. The number of sulfonamides is 1. The number of aryl methyl sites for hydroxylation is 1. The number of aromatic nitrogens is 4. The minimum Gasteiger partial charge on any atom is -0.474 e. The predicted octanol–water partition coefficient (Wildman–Crippen LogP) is 5.40. The molecule has 56 heavy (non-hydrogen) atoms. The van der Waals surface area contributed by atoms with Crippen LogP contribution in [0.3, 0.4) is 0 Å². The lowest BCUT2D eigenvalue weighted by atomic mass is 9.89. The summed E-state index contributed by atoms with van der Waals surface area (Å²) in [7, 11) is -1.92. The maximum atomic E-state index is 13.7. The van der Waals surface area contributed by atoms with E-state index in [2.05, 4.69) is 42.7 Å². The average Bonchev–Trinajstić information content (AvgIpc) is 3.48. The van der Waals surface area contributed by atoms with Crippen LogP contribution in [0.2, 0.25) is 0 Å². The van der Waals surface area contributed by atoms with E-state index < -0.39 is 33.7 Å². The molecule has 4 aromatic rings. The van der Waals surface area contributed by atoms with Gasteiger partial charge in [0.25, 0.3) is 0 Å². The first-order chi connectivity index (χ1) is 26.8. The third-order valence-corrected chi connectivity index (χ3v) is 13.2. The van der Waals surface area contributed by atoms with Crippen LogP contribution in [-0.2, 0) is 34.6 Å². The number of anilines is 2. The summed E-state index contributed by atoms with van der Waals surface area (Å²) in [5.74, 6) is 0.133. The number of fused-ring (bicyclic) bond motifs is 1. The second-order valence-corrected chi connectivity index (χ2v) is 17.0. The highest BCUT2D eigenvalue weighted by atomic mass is 32.2. The number of amides is 3. The van der Waals surface area contributed by atoms with Crippen molar-refractivity contribution in [3.05, 3.63) is 65.4 Å². The highest BCUT2D eigenvalue weighted by molar-refractivity contribution is 7.89. The molecule has 1 aliphatic carbocycles. The summed E-state index contributed by atoms with van der Waals surface area (Å²) in [6, 6.07) is 12.6. The van der Waals surface area contributed by atoms with Crippen molar-refractivity contribution in [2.45, 2.75) is 87.0 Å². The molecule has 3 saturated heterocycles. The highest BCUT2D eigenvalue weighted by Gasteiger charge is 2.38. The molecule has 2 aromatic heterocycles. The maximum Gasteiger partial charge on any atom is 0.423 e. The van der Waals surface area contributed by atoms with E-state index in [0.717, 1.165) is 55.0 Å². The number of benzene rings is 2. The summed E-state index contributed by atoms with van der Waals surface area (Å²) < 4.78 is 77.0. The van der Waals surface area contributed by atoms with Crippen LogP contribution in [0.5, 0.6) is 5.88 Å². The summed E-state index contributed by atoms with van der Waals surface area (Å²) in [6.45, 7) is 3.07. The average molecular weight is 796 g/mol. The van der Waals surface area contributed by atoms with Crippen molar-refractivity contribution >= 4 is 44.6 Å². The smallest absolute Gasteiger partial charge is 0.423 e. The van der Waals surface area contributed by atoms with Gasteiger partial charge in [0, 0.05) is 57.3 Å². The van der Waals surface area contributed by atoms with Gasteiger partial charge in [-0.2, -0.15) is 27.6 Å². The lowest BCUT2D eigenvalue weighted by molar-refractivity contribution is -0.140. The maximum absolute atomic E-state index is 13.7. The van der Waals surface area contributed by atoms with Crippen LogP contribution in [0.1, 0.15) is 74.0 Å². The SMILES string of the molecule is Cn1nc(N2CCC(=O)NC2=O)c2ccc(C3CCN(Cc4cccc(S(=O)(=O)N5CCC(Nc6ncc(C(F)(F)F)c(OC7CCC7)n6)CC5)c4)CC3)cc21. The number of alkyl halides is 3. The van der Waals surface area contributed by atoms with E-state index in [1.165, 1.54) is 14.8 Å². The fourth-order valence-corrected chi connectivity index (χ4v) is 9.44. The molecule has 1 saturated carbocycles. The Morgan fingerprint density at radius 2 is 1.73 bits per heavy atom. The number of imide groups is 1. The molecular formula is C38H44F3N9O5S. The van der Waals surface area contributed by atoms with Crippen molar-refractivity contribution in [3.63, 3.8) is 0 Å². The first-order valence-electron chi connectivity index (χ1n) is 19.1. The summed E-state index contributed by atoms with van der Waals surface area (Å²) in [4.78, 5) is 36.2. The number of ether oxygens (including phenoxy) is 1. The van der Waals surface area contributed by atoms with Crippen molar-refractivity contribution in [1.82, 2.24) is 34.3 Å². The van der Waals surface area contributed by atoms with Gasteiger partial charge in [-0.25, -0.2) is 18.2 Å². The Labute approximate surface area is 322 Å². The molecule has 298 valence electrons. The molecule has 0 spiro atoms. The van der Waals surface area contributed by atoms with Crippen LogP contribution >= 0.6 is 0 Å². The molecule has 14 nitrogen and oxygen atoms in total. The van der Waals surface area contributed by atoms with Crippen LogP contribution in [-0.4, -0.2) is 94.2 Å². The molecule has 8 rings (SSSR count). The Morgan fingerprint density at radius 3 is 2.43 bits per heavy atom. The van der Waals surface area contributed by atoms with Gasteiger partial charge in [0.15, 0.2) is 5.82 Å². The standard InChI is InChI=1S/C38H44F3N9O5S/c1-47-32-21-26(8-9-30(32)34(46-47)50-19-14-33(51)44-37(50)52)25-10-15-48(16-11-25)23-24-4-2-7-29(20-24)56(53,54)49-17-12-27(13-18-49)43-36-42-22-31(38(39,40)41)35(45-36)55-28-5-3-6-28/h2,4,7-9,20-22,25,27-28H,3,5-6,10-19,23H2,1H3,(H,42,43,45)(H,44,51,52). The predicted molar refractivity (Wildman–Crippen MR) is 201 cm³/mol. The fourth-order valence-electron chi connectivity index (χ4n) is 7.90. The molecule has 3 aliphatic heterocycles. The van der Waals surface area contributed by atoms with Crippen LogP contribution in [0.15, 0.2) is 53.6 Å². The topological polar surface area (TPSA) is 155 Å². The van der Waals surface area contributed by atoms with E-state index >= 15 is 0 Å². The molecule has 2 N–H and O–H groups in total. The molecule has 18 heteroatoms. The molecule has 0 unspecified atom stereocenters. The Morgan fingerprint density at radius 1 is 0.964 bits per heavy atom. The van der Waals surface area contributed by atoms with Gasteiger partial charge in [-0.15, -0.1) is 0 Å². The van der Waals surface area contributed by atoms with Gasteiger partial charge in [0.2, 0.25) is 27.8 Å². The lowest BCUT2D eigenvalue weighted by Gasteiger charge is -2.33. The molecule has 0 bridgehead atoms. The zero-order valence-electron chi connectivity index (χ0n) is 31.0. The minimum absolute atomic E-state index is 0.0267. The number of nitrogens with zero attached hydrogens (tertiary/aromatic N) is 7. The van der Waals surface area contributed by atoms with Gasteiger partial charge in [0.05, 0.1) is 10.4 Å². The number of halogens is 3. The summed E-state index contributed by atoms with van der Waals surface area (Å²) >= 11 is 0. The second kappa shape index (κ2) is 15.3. The molecule has 3 amide bonds. The van der Waals surface area contributed by atoms with Crippen LogP contribution in [0.4, 0.5) is 29.7 Å². The molecule has 4 fully saturated rings. The summed E-state index contributed by atoms with van der Waals surface area (Å²) in [5, 5.41) is 10.9. The highest BCUT2D eigenvalue weighted by Crippen LogP contribution is 2.38. The third kappa shape index (κ3) is 7.91. The van der Waals surface area contributed by atoms with E-state index in [9.17, 15) is 31.2 Å². The van der Waals surface area contributed by atoms with E-state index in [1.54, 1.807) is 22.9 Å². The zero-order chi connectivity index (χ0) is 39.2. The summed E-state index contributed by atoms with van der Waals surface area (Å²) in [5.41, 5.74) is 2.02. The number of hydrogen-bond acceptors (Lipinski definition) is 10. The molecule has 5 heterocycles. The van der Waals surface area contributed by atoms with Gasteiger partial charge < -0.3 is 10.1 Å². The van der Waals surface area contributed by atoms with Gasteiger partial charge in [0.1, 0.15) is 11.7 Å². The fraction of sp³-hybridized carbons (Fsp3) is 0.500. The Hall–Kier alpha value is -4.81. The van der Waals surface area contributed by atoms with Crippen LogP contribution in [0.25, 0.3) is 10.9 Å². The van der Waals surface area contributed by atoms with Gasteiger partial charge in [-0.1, -0.05) is 18.2 Å². The quantitative estimate of drug-likeness (QED) is 0.213. The Bertz CT molecular complexity index is 2230. The first kappa shape index (κ1) is 38.1. The van der Waals surface area contributed by atoms with Crippen molar-refractivity contribution in [2.75, 3.05) is 42.9 Å². The van der Waals surface area contributed by atoms with E-state index in [-0.39, 0.29) is 55.0 Å². The zero-order valence-corrected chi connectivity index (χ0v) is 31.8. The van der Waals surface area contributed by atoms with Crippen LogP contribution < -0.4 is 20.3 Å². The van der Waals surface area contributed by atoms with Gasteiger partial charge >= 0.3 is 12.2 Å². The second-order valence-electron chi connectivity index (χ2n) is 15.1. The van der Waals surface area contributed by atoms with Gasteiger partial charge in [-0.3, -0.25) is 24.6 Å². The number of urea groups is 1. The third-order valence-electron chi connectivity index (χ3n) is 11.3. The molecule has 4 aliphatic rings. The first-order valence-corrected chi connectivity index (χ1v) is 20.5. The molecule has 0 radical (unpaired) electrons. The van der Waals surface area contributed by atoms with Crippen molar-refractivity contribution in [2.24, 2.45) is 7.05 Å². The lowest BCUT2D eigenvalue weighted by Crippen LogP contribution is -2.49. The minimum atomic E-state index is -4.64. The molecule has 2 aromatic carbocycles. The Kier molecular flexibility index (Phi) is 10.4. The monoisotopic (exact) mass is 795 g/mol. The number of carbonyl (C=O) groups is 2. The van der Waals surface area contributed by atoms with Crippen molar-refractivity contribution in [1.29, 1.82) is 0 Å². The van der Waals surface area contributed by atoms with E-state index in [1.807, 2.05) is 19.2 Å². The van der Waals surface area contributed by atoms with Crippen molar-refractivity contribution in [3.8, 4) is 5.88 Å². The molecular weight excluding hydrogens is 752 g/mol. The number of likely N-dealkylation sites (tertiary alicyclic amines) is 1. The Balaban J connectivity index is 0.852. The number of carbonyl (C=O) groups excluding carboxylic acids is 2. The number of piperidine rings is 2. The van der Waals surface area contributed by atoms with Crippen LogP contribution in [0, 0.1) is 0 Å².